The Bertz CT molecular complexity index is 397. The Morgan fingerprint density at radius 2 is 2.29 bits per heavy atom. The van der Waals surface area contributed by atoms with Crippen molar-refractivity contribution < 1.29 is 9.90 Å². The molecule has 0 amide bonds. The van der Waals surface area contributed by atoms with E-state index in [1.54, 1.807) is 5.51 Å². The van der Waals surface area contributed by atoms with Crippen LogP contribution >= 0.6 is 11.3 Å². The van der Waals surface area contributed by atoms with Crippen LogP contribution in [-0.4, -0.2) is 22.6 Å². The van der Waals surface area contributed by atoms with E-state index in [1.807, 2.05) is 0 Å². The largest absolute Gasteiger partial charge is 0.476 e. The number of anilines is 1. The summed E-state index contributed by atoms with van der Waals surface area (Å²) in [4.78, 5) is 14.8. The summed E-state index contributed by atoms with van der Waals surface area (Å²) in [6.07, 6.45) is 6.24. The maximum atomic E-state index is 10.9. The van der Waals surface area contributed by atoms with Crippen LogP contribution in [0.2, 0.25) is 0 Å². The highest BCUT2D eigenvalue weighted by Gasteiger charge is 2.32. The number of carboxylic acids is 1. The first kappa shape index (κ1) is 12.4. The molecule has 94 valence electrons. The number of aromatic nitrogens is 1. The molecule has 4 nitrogen and oxygen atoms in total. The standard InChI is InChI=1S/C12H18N2O2S/c1-2-12(5-3-4-6-12)7-13-10-9(11(15)16)14-8-17-10/h8,13H,2-7H2,1H3,(H,15,16). The van der Waals surface area contributed by atoms with Gasteiger partial charge in [-0.1, -0.05) is 19.8 Å². The highest BCUT2D eigenvalue weighted by Crippen LogP contribution is 2.41. The smallest absolute Gasteiger partial charge is 0.357 e. The number of hydrogen-bond donors (Lipinski definition) is 2. The number of thiazole rings is 1. The van der Waals surface area contributed by atoms with Crippen LogP contribution in [-0.2, 0) is 0 Å². The summed E-state index contributed by atoms with van der Waals surface area (Å²) in [6.45, 7) is 3.09. The van der Waals surface area contributed by atoms with E-state index in [-0.39, 0.29) is 5.69 Å². The first-order valence-corrected chi connectivity index (χ1v) is 6.95. The fourth-order valence-corrected chi connectivity index (χ4v) is 3.24. The van der Waals surface area contributed by atoms with E-state index >= 15 is 0 Å². The van der Waals surface area contributed by atoms with Gasteiger partial charge < -0.3 is 10.4 Å². The molecule has 1 saturated carbocycles. The van der Waals surface area contributed by atoms with Gasteiger partial charge in [-0.2, -0.15) is 0 Å². The van der Waals surface area contributed by atoms with E-state index < -0.39 is 5.97 Å². The highest BCUT2D eigenvalue weighted by molar-refractivity contribution is 7.14. The quantitative estimate of drug-likeness (QED) is 0.847. The normalized spacial score (nSPS) is 18.2. The molecule has 5 heteroatoms. The minimum atomic E-state index is -0.953. The third-order valence-electron chi connectivity index (χ3n) is 3.81. The Balaban J connectivity index is 2.01. The van der Waals surface area contributed by atoms with E-state index in [0.717, 1.165) is 13.0 Å². The van der Waals surface area contributed by atoms with Crippen molar-refractivity contribution in [1.29, 1.82) is 0 Å². The van der Waals surface area contributed by atoms with E-state index in [1.165, 1.54) is 37.0 Å². The average Bonchev–Trinajstić information content (AvgIpc) is 2.96. The van der Waals surface area contributed by atoms with Gasteiger partial charge in [0.05, 0.1) is 5.51 Å². The molecule has 0 spiro atoms. The lowest BCUT2D eigenvalue weighted by Gasteiger charge is -2.27. The monoisotopic (exact) mass is 254 g/mol. The van der Waals surface area contributed by atoms with Crippen LogP contribution in [0, 0.1) is 5.41 Å². The molecule has 0 aromatic carbocycles. The predicted octanol–water partition coefficient (Wildman–Crippen LogP) is 3.22. The second-order valence-corrected chi connectivity index (χ2v) is 5.60. The Morgan fingerprint density at radius 3 is 2.88 bits per heavy atom. The zero-order valence-electron chi connectivity index (χ0n) is 10.0. The molecule has 1 aliphatic carbocycles. The molecule has 1 fully saturated rings. The predicted molar refractivity (Wildman–Crippen MR) is 68.8 cm³/mol. The molecule has 1 aromatic rings. The second kappa shape index (κ2) is 5.04. The van der Waals surface area contributed by atoms with Crippen molar-refractivity contribution in [2.24, 2.45) is 5.41 Å². The molecule has 0 radical (unpaired) electrons. The van der Waals surface area contributed by atoms with E-state index in [2.05, 4.69) is 17.2 Å². The van der Waals surface area contributed by atoms with E-state index in [0.29, 0.717) is 10.4 Å². The number of nitrogens with zero attached hydrogens (tertiary/aromatic N) is 1. The van der Waals surface area contributed by atoms with Gasteiger partial charge in [-0.05, 0) is 24.7 Å². The minimum Gasteiger partial charge on any atom is -0.476 e. The van der Waals surface area contributed by atoms with Gasteiger partial charge in [0.15, 0.2) is 5.69 Å². The van der Waals surface area contributed by atoms with Crippen LogP contribution in [0.5, 0.6) is 0 Å². The summed E-state index contributed by atoms with van der Waals surface area (Å²) in [6, 6.07) is 0. The fourth-order valence-electron chi connectivity index (χ4n) is 2.57. The van der Waals surface area contributed by atoms with Crippen LogP contribution < -0.4 is 5.32 Å². The van der Waals surface area contributed by atoms with E-state index in [4.69, 9.17) is 5.11 Å². The van der Waals surface area contributed by atoms with Gasteiger partial charge >= 0.3 is 5.97 Å². The second-order valence-electron chi connectivity index (χ2n) is 4.75. The third kappa shape index (κ3) is 2.60. The zero-order chi connectivity index (χ0) is 12.3. The first-order chi connectivity index (χ1) is 8.17. The molecule has 0 unspecified atom stereocenters. The van der Waals surface area contributed by atoms with Crippen molar-refractivity contribution in [2.45, 2.75) is 39.0 Å². The minimum absolute atomic E-state index is 0.152. The molecule has 17 heavy (non-hydrogen) atoms. The number of nitrogens with one attached hydrogen (secondary N) is 1. The first-order valence-electron chi connectivity index (χ1n) is 6.07. The van der Waals surface area contributed by atoms with E-state index in [9.17, 15) is 4.79 Å². The summed E-state index contributed by atoms with van der Waals surface area (Å²) in [7, 11) is 0. The molecule has 0 saturated heterocycles. The fraction of sp³-hybridized carbons (Fsp3) is 0.667. The Hall–Kier alpha value is -1.10. The number of carboxylic acid groups (broad SMARTS) is 1. The number of hydrogen-bond acceptors (Lipinski definition) is 4. The molecular weight excluding hydrogens is 236 g/mol. The summed E-state index contributed by atoms with van der Waals surface area (Å²) in [5.41, 5.74) is 2.10. The molecule has 0 aliphatic heterocycles. The van der Waals surface area contributed by atoms with Crippen molar-refractivity contribution >= 4 is 22.3 Å². The highest BCUT2D eigenvalue weighted by atomic mass is 32.1. The molecular formula is C12H18N2O2S. The maximum Gasteiger partial charge on any atom is 0.357 e. The maximum absolute atomic E-state index is 10.9. The SMILES string of the molecule is CCC1(CNc2scnc2C(=O)O)CCCC1. The molecule has 1 heterocycles. The summed E-state index contributed by atoms with van der Waals surface area (Å²) < 4.78 is 0. The number of aromatic carboxylic acids is 1. The lowest BCUT2D eigenvalue weighted by molar-refractivity contribution is 0.0692. The van der Waals surface area contributed by atoms with Crippen LogP contribution in [0.15, 0.2) is 5.51 Å². The summed E-state index contributed by atoms with van der Waals surface area (Å²) in [5, 5.41) is 12.9. The van der Waals surface area contributed by atoms with Gasteiger partial charge in [-0.25, -0.2) is 9.78 Å². The van der Waals surface area contributed by atoms with Gasteiger partial charge in [0, 0.05) is 6.54 Å². The van der Waals surface area contributed by atoms with Crippen LogP contribution in [0.25, 0.3) is 0 Å². The van der Waals surface area contributed by atoms with Crippen molar-refractivity contribution in [1.82, 2.24) is 4.98 Å². The van der Waals surface area contributed by atoms with Crippen molar-refractivity contribution in [2.75, 3.05) is 11.9 Å². The number of carbonyl (C=O) groups is 1. The molecule has 0 atom stereocenters. The van der Waals surface area contributed by atoms with Crippen LogP contribution in [0.3, 0.4) is 0 Å². The van der Waals surface area contributed by atoms with Crippen molar-refractivity contribution in [3.05, 3.63) is 11.2 Å². The average molecular weight is 254 g/mol. The van der Waals surface area contributed by atoms with Crippen LogP contribution in [0.1, 0.15) is 49.5 Å². The lowest BCUT2D eigenvalue weighted by Crippen LogP contribution is -2.26. The van der Waals surface area contributed by atoms with Crippen molar-refractivity contribution in [3.8, 4) is 0 Å². The van der Waals surface area contributed by atoms with Crippen LogP contribution in [0.4, 0.5) is 5.00 Å². The number of rotatable bonds is 5. The molecule has 2 rings (SSSR count). The Morgan fingerprint density at radius 1 is 1.59 bits per heavy atom. The Kier molecular flexibility index (Phi) is 3.66. The van der Waals surface area contributed by atoms with Gasteiger partial charge in [0.1, 0.15) is 5.00 Å². The van der Waals surface area contributed by atoms with Gasteiger partial charge in [-0.15, -0.1) is 11.3 Å². The zero-order valence-corrected chi connectivity index (χ0v) is 10.8. The Labute approximate surface area is 105 Å². The van der Waals surface area contributed by atoms with Gasteiger partial charge in [0.25, 0.3) is 0 Å². The topological polar surface area (TPSA) is 62.2 Å². The lowest BCUT2D eigenvalue weighted by atomic mass is 9.83. The summed E-state index contributed by atoms with van der Waals surface area (Å²) in [5.74, 6) is -0.953. The molecule has 0 bridgehead atoms. The van der Waals surface area contributed by atoms with Gasteiger partial charge in [0.2, 0.25) is 0 Å². The third-order valence-corrected chi connectivity index (χ3v) is 4.59. The van der Waals surface area contributed by atoms with Gasteiger partial charge in [-0.3, -0.25) is 0 Å². The molecule has 1 aliphatic rings. The molecule has 1 aromatic heterocycles. The summed E-state index contributed by atoms with van der Waals surface area (Å²) >= 11 is 1.37. The van der Waals surface area contributed by atoms with Crippen molar-refractivity contribution in [3.63, 3.8) is 0 Å². The molecule has 2 N–H and O–H groups in total.